The van der Waals surface area contributed by atoms with Gasteiger partial charge in [0.15, 0.2) is 0 Å². The number of nitrogens with zero attached hydrogens (tertiary/aromatic N) is 1. The summed E-state index contributed by atoms with van der Waals surface area (Å²) in [6.45, 7) is 0. The minimum atomic E-state index is 0.0746. The van der Waals surface area contributed by atoms with E-state index in [4.69, 9.17) is 5.73 Å². The number of anilines is 1. The van der Waals surface area contributed by atoms with Crippen molar-refractivity contribution in [2.24, 2.45) is 0 Å². The van der Waals surface area contributed by atoms with Crippen LogP contribution in [-0.2, 0) is 0 Å². The molecular weight excluding hydrogens is 256 g/mol. The molecule has 1 saturated carbocycles. The first kappa shape index (κ1) is 12.5. The second-order valence-electron chi connectivity index (χ2n) is 5.20. The molecule has 19 heavy (non-hydrogen) atoms. The molecule has 0 aliphatic heterocycles. The Morgan fingerprint density at radius 2 is 2.00 bits per heavy atom. The predicted molar refractivity (Wildman–Crippen MR) is 80.6 cm³/mol. The third-order valence-corrected chi connectivity index (χ3v) is 5.20. The van der Waals surface area contributed by atoms with Crippen molar-refractivity contribution in [1.82, 2.24) is 4.90 Å². The number of benzene rings is 1. The van der Waals surface area contributed by atoms with Gasteiger partial charge < -0.3 is 10.6 Å². The van der Waals surface area contributed by atoms with E-state index < -0.39 is 0 Å². The van der Waals surface area contributed by atoms with Crippen LogP contribution >= 0.6 is 11.3 Å². The molecule has 1 fully saturated rings. The molecule has 0 spiro atoms. The van der Waals surface area contributed by atoms with E-state index in [1.165, 1.54) is 24.2 Å². The molecular formula is C15H18N2OS. The van der Waals surface area contributed by atoms with Gasteiger partial charge in [-0.25, -0.2) is 0 Å². The van der Waals surface area contributed by atoms with Crippen molar-refractivity contribution in [2.45, 2.75) is 31.7 Å². The van der Waals surface area contributed by atoms with Crippen molar-refractivity contribution in [3.05, 3.63) is 29.1 Å². The monoisotopic (exact) mass is 274 g/mol. The number of thiophene rings is 1. The Kier molecular flexibility index (Phi) is 3.19. The zero-order valence-corrected chi connectivity index (χ0v) is 11.9. The first-order valence-corrected chi connectivity index (χ1v) is 7.54. The number of amides is 1. The van der Waals surface area contributed by atoms with Crippen LogP contribution in [-0.4, -0.2) is 23.9 Å². The summed E-state index contributed by atoms with van der Waals surface area (Å²) in [5.41, 5.74) is 6.77. The Hall–Kier alpha value is -1.55. The summed E-state index contributed by atoms with van der Waals surface area (Å²) >= 11 is 1.50. The molecule has 100 valence electrons. The number of carbonyl (C=O) groups excluding carboxylic acids is 1. The Balaban J connectivity index is 1.94. The molecule has 0 radical (unpaired) electrons. The summed E-state index contributed by atoms with van der Waals surface area (Å²) in [6.07, 6.45) is 4.69. The third kappa shape index (κ3) is 2.10. The van der Waals surface area contributed by atoms with E-state index in [1.54, 1.807) is 0 Å². The molecule has 3 nitrogen and oxygen atoms in total. The fraction of sp³-hybridized carbons (Fsp3) is 0.400. The van der Waals surface area contributed by atoms with Crippen molar-refractivity contribution < 1.29 is 4.79 Å². The van der Waals surface area contributed by atoms with Gasteiger partial charge in [-0.1, -0.05) is 31.0 Å². The summed E-state index contributed by atoms with van der Waals surface area (Å²) in [7, 11) is 1.90. The van der Waals surface area contributed by atoms with Gasteiger partial charge in [0.25, 0.3) is 5.91 Å². The zero-order valence-electron chi connectivity index (χ0n) is 11.1. The molecule has 0 saturated heterocycles. The molecule has 2 aromatic rings. The topological polar surface area (TPSA) is 46.3 Å². The number of rotatable bonds is 2. The van der Waals surface area contributed by atoms with Crippen molar-refractivity contribution in [3.63, 3.8) is 0 Å². The van der Waals surface area contributed by atoms with E-state index >= 15 is 0 Å². The molecule has 1 amide bonds. The van der Waals surface area contributed by atoms with Crippen LogP contribution in [0.1, 0.15) is 35.4 Å². The first-order chi connectivity index (χ1) is 9.18. The number of fused-ring (bicyclic) bond motifs is 1. The van der Waals surface area contributed by atoms with Gasteiger partial charge in [-0.3, -0.25) is 4.79 Å². The van der Waals surface area contributed by atoms with Crippen LogP contribution in [0.4, 0.5) is 5.69 Å². The van der Waals surface area contributed by atoms with Crippen LogP contribution in [0.25, 0.3) is 10.1 Å². The van der Waals surface area contributed by atoms with Crippen molar-refractivity contribution >= 4 is 33.0 Å². The van der Waals surface area contributed by atoms with E-state index in [-0.39, 0.29) is 5.91 Å². The highest BCUT2D eigenvalue weighted by molar-refractivity contribution is 7.21. The summed E-state index contributed by atoms with van der Waals surface area (Å²) in [5, 5.41) is 0.996. The van der Waals surface area contributed by atoms with Gasteiger partial charge in [-0.15, -0.1) is 11.3 Å². The molecule has 4 heteroatoms. The molecule has 1 aromatic heterocycles. The van der Waals surface area contributed by atoms with Gasteiger partial charge in [0.2, 0.25) is 0 Å². The SMILES string of the molecule is CN(C(=O)c1sc2ccccc2c1N)C1CCCC1. The van der Waals surface area contributed by atoms with E-state index in [0.717, 1.165) is 22.9 Å². The van der Waals surface area contributed by atoms with Crippen molar-refractivity contribution in [3.8, 4) is 0 Å². The van der Waals surface area contributed by atoms with E-state index in [0.29, 0.717) is 16.6 Å². The summed E-state index contributed by atoms with van der Waals surface area (Å²) < 4.78 is 1.09. The van der Waals surface area contributed by atoms with E-state index in [2.05, 4.69) is 0 Å². The second kappa shape index (κ2) is 4.85. The fourth-order valence-corrected chi connectivity index (χ4v) is 3.95. The molecule has 0 atom stereocenters. The van der Waals surface area contributed by atoms with Crippen LogP contribution < -0.4 is 5.73 Å². The molecule has 1 aliphatic rings. The third-order valence-electron chi connectivity index (χ3n) is 4.02. The summed E-state index contributed by atoms with van der Waals surface area (Å²) in [6, 6.07) is 8.32. The highest BCUT2D eigenvalue weighted by Gasteiger charge is 2.26. The van der Waals surface area contributed by atoms with Crippen molar-refractivity contribution in [2.75, 3.05) is 12.8 Å². The average molecular weight is 274 g/mol. The minimum Gasteiger partial charge on any atom is -0.397 e. The molecule has 2 N–H and O–H groups in total. The van der Waals surface area contributed by atoms with Gasteiger partial charge >= 0.3 is 0 Å². The van der Waals surface area contributed by atoms with Gasteiger partial charge in [0.05, 0.1) is 5.69 Å². The van der Waals surface area contributed by atoms with Gasteiger partial charge in [-0.05, 0) is 18.9 Å². The summed E-state index contributed by atoms with van der Waals surface area (Å²) in [5.74, 6) is 0.0746. The number of nitrogen functional groups attached to an aromatic ring is 1. The minimum absolute atomic E-state index is 0.0746. The predicted octanol–water partition coefficient (Wildman–Crippen LogP) is 3.50. The lowest BCUT2D eigenvalue weighted by atomic mass is 10.2. The van der Waals surface area contributed by atoms with Crippen LogP contribution in [0.15, 0.2) is 24.3 Å². The Morgan fingerprint density at radius 3 is 2.68 bits per heavy atom. The van der Waals surface area contributed by atoms with Crippen LogP contribution in [0.2, 0.25) is 0 Å². The molecule has 3 rings (SSSR count). The Morgan fingerprint density at radius 1 is 1.32 bits per heavy atom. The largest absolute Gasteiger partial charge is 0.397 e. The quantitative estimate of drug-likeness (QED) is 0.911. The molecule has 1 aromatic carbocycles. The zero-order chi connectivity index (χ0) is 13.4. The van der Waals surface area contributed by atoms with Crippen LogP contribution in [0.3, 0.4) is 0 Å². The van der Waals surface area contributed by atoms with Gasteiger partial charge in [-0.2, -0.15) is 0 Å². The standard InChI is InChI=1S/C15H18N2OS/c1-17(10-6-2-3-7-10)15(18)14-13(16)11-8-4-5-9-12(11)19-14/h4-5,8-10H,2-3,6-7,16H2,1H3. The fourth-order valence-electron chi connectivity index (χ4n) is 2.84. The lowest BCUT2D eigenvalue weighted by molar-refractivity contribution is 0.0741. The highest BCUT2D eigenvalue weighted by atomic mass is 32.1. The van der Waals surface area contributed by atoms with Crippen LogP contribution in [0.5, 0.6) is 0 Å². The maximum Gasteiger partial charge on any atom is 0.266 e. The Bertz CT molecular complexity index is 614. The highest BCUT2D eigenvalue weighted by Crippen LogP contribution is 2.35. The maximum atomic E-state index is 12.6. The Labute approximate surface area is 117 Å². The lowest BCUT2D eigenvalue weighted by Crippen LogP contribution is -2.35. The van der Waals surface area contributed by atoms with E-state index in [1.807, 2.05) is 36.2 Å². The van der Waals surface area contributed by atoms with Gasteiger partial charge in [0.1, 0.15) is 4.88 Å². The van der Waals surface area contributed by atoms with E-state index in [9.17, 15) is 4.79 Å². The average Bonchev–Trinajstić information content (AvgIpc) is 3.06. The number of nitrogens with two attached hydrogens (primary N) is 1. The number of hydrogen-bond donors (Lipinski definition) is 1. The number of carbonyl (C=O) groups is 1. The molecule has 0 bridgehead atoms. The molecule has 1 aliphatic carbocycles. The lowest BCUT2D eigenvalue weighted by Gasteiger charge is -2.23. The molecule has 0 unspecified atom stereocenters. The van der Waals surface area contributed by atoms with Crippen molar-refractivity contribution in [1.29, 1.82) is 0 Å². The second-order valence-corrected chi connectivity index (χ2v) is 6.25. The molecule has 1 heterocycles. The summed E-state index contributed by atoms with van der Waals surface area (Å²) in [4.78, 5) is 15.2. The normalized spacial score (nSPS) is 16.1. The van der Waals surface area contributed by atoms with Crippen LogP contribution in [0, 0.1) is 0 Å². The van der Waals surface area contributed by atoms with Gasteiger partial charge in [0, 0.05) is 23.2 Å². The first-order valence-electron chi connectivity index (χ1n) is 6.72. The number of hydrogen-bond acceptors (Lipinski definition) is 3. The maximum absolute atomic E-state index is 12.6. The smallest absolute Gasteiger partial charge is 0.266 e.